The molecule has 0 fully saturated rings. The molecule has 0 bridgehead atoms. The number of anilines is 1. The van der Waals surface area contributed by atoms with Crippen molar-refractivity contribution in [1.29, 1.82) is 0 Å². The SMILES string of the molecule is COc1cc(Cl)c(F)cc1C(=O)c1ccc(C)nc1N. The number of halogens is 2. The molecule has 2 rings (SSSR count). The van der Waals surface area contributed by atoms with Gasteiger partial charge in [0.05, 0.1) is 23.3 Å². The number of benzene rings is 1. The third kappa shape index (κ3) is 2.58. The lowest BCUT2D eigenvalue weighted by atomic mass is 10.0. The number of carbonyl (C=O) groups is 1. The quantitative estimate of drug-likeness (QED) is 0.884. The highest BCUT2D eigenvalue weighted by atomic mass is 35.5. The lowest BCUT2D eigenvalue weighted by Gasteiger charge is -2.10. The van der Waals surface area contributed by atoms with Crippen LogP contribution in [0.15, 0.2) is 24.3 Å². The van der Waals surface area contributed by atoms with Crippen LogP contribution < -0.4 is 10.5 Å². The van der Waals surface area contributed by atoms with E-state index in [0.717, 1.165) is 6.07 Å². The van der Waals surface area contributed by atoms with Crippen LogP contribution in [0.3, 0.4) is 0 Å². The summed E-state index contributed by atoms with van der Waals surface area (Å²) in [6.07, 6.45) is 0. The second-order valence-corrected chi connectivity index (χ2v) is 4.59. The van der Waals surface area contributed by atoms with E-state index in [9.17, 15) is 9.18 Å². The number of hydrogen-bond acceptors (Lipinski definition) is 4. The van der Waals surface area contributed by atoms with E-state index in [0.29, 0.717) is 5.69 Å². The molecule has 0 atom stereocenters. The Morgan fingerprint density at radius 2 is 2.05 bits per heavy atom. The number of ether oxygens (including phenoxy) is 1. The molecule has 0 spiro atoms. The van der Waals surface area contributed by atoms with Gasteiger partial charge in [0.2, 0.25) is 5.78 Å². The summed E-state index contributed by atoms with van der Waals surface area (Å²) in [5.41, 5.74) is 6.65. The van der Waals surface area contributed by atoms with E-state index in [1.807, 2.05) is 0 Å². The summed E-state index contributed by atoms with van der Waals surface area (Å²) in [7, 11) is 1.37. The molecule has 6 heteroatoms. The summed E-state index contributed by atoms with van der Waals surface area (Å²) < 4.78 is 18.6. The first-order chi connectivity index (χ1) is 9.43. The van der Waals surface area contributed by atoms with E-state index in [-0.39, 0.29) is 27.7 Å². The van der Waals surface area contributed by atoms with Crippen molar-refractivity contribution >= 4 is 23.2 Å². The number of aryl methyl sites for hydroxylation is 1. The fourth-order valence-electron chi connectivity index (χ4n) is 1.79. The van der Waals surface area contributed by atoms with E-state index in [4.69, 9.17) is 22.1 Å². The first kappa shape index (κ1) is 14.3. The summed E-state index contributed by atoms with van der Waals surface area (Å²) in [5.74, 6) is -0.898. The number of rotatable bonds is 3. The molecule has 1 aromatic carbocycles. The highest BCUT2D eigenvalue weighted by Crippen LogP contribution is 2.29. The van der Waals surface area contributed by atoms with E-state index in [1.165, 1.54) is 13.2 Å². The average Bonchev–Trinajstić information content (AvgIpc) is 2.40. The molecule has 0 aliphatic rings. The van der Waals surface area contributed by atoms with Gasteiger partial charge in [-0.15, -0.1) is 0 Å². The monoisotopic (exact) mass is 294 g/mol. The molecule has 0 radical (unpaired) electrons. The minimum Gasteiger partial charge on any atom is -0.496 e. The fourth-order valence-corrected chi connectivity index (χ4v) is 1.94. The lowest BCUT2D eigenvalue weighted by molar-refractivity contribution is 0.103. The van der Waals surface area contributed by atoms with Crippen molar-refractivity contribution in [2.24, 2.45) is 0 Å². The Morgan fingerprint density at radius 1 is 1.35 bits per heavy atom. The zero-order chi connectivity index (χ0) is 14.9. The first-order valence-corrected chi connectivity index (χ1v) is 6.12. The zero-order valence-electron chi connectivity index (χ0n) is 10.9. The molecule has 1 aromatic heterocycles. The van der Waals surface area contributed by atoms with Gasteiger partial charge < -0.3 is 10.5 Å². The predicted molar refractivity (Wildman–Crippen MR) is 74.8 cm³/mol. The Kier molecular flexibility index (Phi) is 3.90. The molecule has 1 heterocycles. The second kappa shape index (κ2) is 5.46. The molecule has 0 saturated heterocycles. The second-order valence-electron chi connectivity index (χ2n) is 4.18. The number of pyridine rings is 1. The van der Waals surface area contributed by atoms with E-state index < -0.39 is 11.6 Å². The number of nitrogens with two attached hydrogens (primary N) is 1. The Hall–Kier alpha value is -2.14. The van der Waals surface area contributed by atoms with Crippen molar-refractivity contribution in [3.05, 3.63) is 51.9 Å². The Balaban J connectivity index is 2.55. The zero-order valence-corrected chi connectivity index (χ0v) is 11.7. The van der Waals surface area contributed by atoms with Crippen LogP contribution in [-0.4, -0.2) is 17.9 Å². The molecular formula is C14H12ClFN2O2. The molecular weight excluding hydrogens is 283 g/mol. The molecule has 2 aromatic rings. The van der Waals surface area contributed by atoms with Crippen LogP contribution >= 0.6 is 11.6 Å². The van der Waals surface area contributed by atoms with Crippen LogP contribution in [-0.2, 0) is 0 Å². The van der Waals surface area contributed by atoms with Gasteiger partial charge in [0, 0.05) is 11.8 Å². The summed E-state index contributed by atoms with van der Waals surface area (Å²) in [6, 6.07) is 5.49. The minimum absolute atomic E-state index is 0.0479. The van der Waals surface area contributed by atoms with Crippen molar-refractivity contribution in [3.63, 3.8) is 0 Å². The van der Waals surface area contributed by atoms with Crippen LogP contribution in [0.4, 0.5) is 10.2 Å². The third-order valence-corrected chi connectivity index (χ3v) is 3.09. The molecule has 0 aliphatic carbocycles. The number of carbonyl (C=O) groups excluding carboxylic acids is 1. The largest absolute Gasteiger partial charge is 0.496 e. The Bertz CT molecular complexity index is 689. The normalized spacial score (nSPS) is 10.4. The van der Waals surface area contributed by atoms with Gasteiger partial charge in [-0.2, -0.15) is 0 Å². The van der Waals surface area contributed by atoms with Crippen LogP contribution in [0.2, 0.25) is 5.02 Å². The molecule has 0 aliphatic heterocycles. The summed E-state index contributed by atoms with van der Waals surface area (Å²) in [6.45, 7) is 1.76. The van der Waals surface area contributed by atoms with E-state index in [1.54, 1.807) is 19.1 Å². The molecule has 4 nitrogen and oxygen atoms in total. The molecule has 2 N–H and O–H groups in total. The van der Waals surface area contributed by atoms with Crippen molar-refractivity contribution in [3.8, 4) is 5.75 Å². The Labute approximate surface area is 120 Å². The number of methoxy groups -OCH3 is 1. The van der Waals surface area contributed by atoms with Crippen molar-refractivity contribution in [1.82, 2.24) is 4.98 Å². The van der Waals surface area contributed by atoms with E-state index >= 15 is 0 Å². The maximum atomic E-state index is 13.5. The number of nitrogens with zero attached hydrogens (tertiary/aromatic N) is 1. The third-order valence-electron chi connectivity index (χ3n) is 2.80. The van der Waals surface area contributed by atoms with Gasteiger partial charge in [-0.25, -0.2) is 9.37 Å². The van der Waals surface area contributed by atoms with Gasteiger partial charge in [-0.1, -0.05) is 11.6 Å². The minimum atomic E-state index is -0.700. The molecule has 104 valence electrons. The lowest BCUT2D eigenvalue weighted by Crippen LogP contribution is -2.09. The van der Waals surface area contributed by atoms with Gasteiger partial charge in [-0.3, -0.25) is 4.79 Å². The number of hydrogen-bond donors (Lipinski definition) is 1. The van der Waals surface area contributed by atoms with Gasteiger partial charge in [0.25, 0.3) is 0 Å². The highest BCUT2D eigenvalue weighted by molar-refractivity contribution is 6.31. The molecule has 0 unspecified atom stereocenters. The van der Waals surface area contributed by atoms with Crippen molar-refractivity contribution in [2.75, 3.05) is 12.8 Å². The average molecular weight is 295 g/mol. The van der Waals surface area contributed by atoms with Crippen LogP contribution in [0, 0.1) is 12.7 Å². The van der Waals surface area contributed by atoms with Crippen LogP contribution in [0.25, 0.3) is 0 Å². The van der Waals surface area contributed by atoms with Gasteiger partial charge in [0.15, 0.2) is 0 Å². The van der Waals surface area contributed by atoms with Crippen molar-refractivity contribution in [2.45, 2.75) is 6.92 Å². The standard InChI is InChI=1S/C14H12ClFN2O2/c1-7-3-4-8(14(17)18-7)13(19)9-5-11(16)10(15)6-12(9)20-2/h3-6H,1-2H3,(H2,17,18). The molecule has 0 amide bonds. The van der Waals surface area contributed by atoms with Gasteiger partial charge in [-0.05, 0) is 25.1 Å². The number of ketones is 1. The first-order valence-electron chi connectivity index (χ1n) is 5.75. The molecule has 0 saturated carbocycles. The smallest absolute Gasteiger partial charge is 0.200 e. The van der Waals surface area contributed by atoms with E-state index in [2.05, 4.69) is 4.98 Å². The summed E-state index contributed by atoms with van der Waals surface area (Å²) in [5, 5.41) is -0.117. The number of aromatic nitrogens is 1. The maximum absolute atomic E-state index is 13.5. The summed E-state index contributed by atoms with van der Waals surface area (Å²) >= 11 is 5.66. The molecule has 20 heavy (non-hydrogen) atoms. The van der Waals surface area contributed by atoms with Gasteiger partial charge in [0.1, 0.15) is 17.4 Å². The topological polar surface area (TPSA) is 65.2 Å². The number of nitrogen functional groups attached to an aromatic ring is 1. The maximum Gasteiger partial charge on any atom is 0.200 e. The predicted octanol–water partition coefficient (Wildman–Crippen LogP) is 3.00. The van der Waals surface area contributed by atoms with Crippen LogP contribution in [0.5, 0.6) is 5.75 Å². The highest BCUT2D eigenvalue weighted by Gasteiger charge is 2.20. The summed E-state index contributed by atoms with van der Waals surface area (Å²) in [4.78, 5) is 16.4. The van der Waals surface area contributed by atoms with Crippen LogP contribution in [0.1, 0.15) is 21.6 Å². The Morgan fingerprint density at radius 3 is 2.65 bits per heavy atom. The van der Waals surface area contributed by atoms with Gasteiger partial charge >= 0.3 is 0 Å². The van der Waals surface area contributed by atoms with Crippen molar-refractivity contribution < 1.29 is 13.9 Å². The fraction of sp³-hybridized carbons (Fsp3) is 0.143.